The van der Waals surface area contributed by atoms with Gasteiger partial charge in [0.25, 0.3) is 0 Å². The molecule has 0 aliphatic carbocycles. The van der Waals surface area contributed by atoms with Crippen LogP contribution in [0.3, 0.4) is 0 Å². The highest BCUT2D eigenvalue weighted by Gasteiger charge is 2.20. The van der Waals surface area contributed by atoms with E-state index < -0.39 is 0 Å². The number of piperidine rings is 1. The van der Waals surface area contributed by atoms with Gasteiger partial charge in [-0.25, -0.2) is 8.78 Å². The van der Waals surface area contributed by atoms with Crippen molar-refractivity contribution in [3.8, 4) is 0 Å². The minimum Gasteiger partial charge on any atom is -0.367 e. The molecule has 138 valence electrons. The van der Waals surface area contributed by atoms with Crippen LogP contribution < -0.4 is 0 Å². The molecule has 1 fully saturated rings. The Hall–Kier alpha value is -2.11. The third-order valence-electron chi connectivity index (χ3n) is 4.86. The first-order valence-electron chi connectivity index (χ1n) is 8.96. The summed E-state index contributed by atoms with van der Waals surface area (Å²) in [7, 11) is 0. The predicted octanol–water partition coefficient (Wildman–Crippen LogP) is 3.98. The summed E-state index contributed by atoms with van der Waals surface area (Å²) in [5.41, 5.74) is 1.66. The smallest absolute Gasteiger partial charge is 0.123 e. The van der Waals surface area contributed by atoms with Crippen molar-refractivity contribution >= 4 is 6.29 Å². The van der Waals surface area contributed by atoms with Crippen LogP contribution in [0.15, 0.2) is 48.5 Å². The molecule has 0 saturated carbocycles. The lowest BCUT2D eigenvalue weighted by Crippen LogP contribution is -2.36. The zero-order valence-electron chi connectivity index (χ0n) is 14.6. The Morgan fingerprint density at radius 2 is 1.46 bits per heavy atom. The highest BCUT2D eigenvalue weighted by atomic mass is 19.1. The van der Waals surface area contributed by atoms with Crippen LogP contribution in [0.2, 0.25) is 0 Å². The average molecular weight is 359 g/mol. The number of rotatable bonds is 7. The third kappa shape index (κ3) is 4.96. The van der Waals surface area contributed by atoms with Crippen LogP contribution in [0.1, 0.15) is 30.1 Å². The molecule has 5 heteroatoms. The number of hydrogen-bond donors (Lipinski definition) is 0. The van der Waals surface area contributed by atoms with Crippen molar-refractivity contribution in [2.75, 3.05) is 26.2 Å². The van der Waals surface area contributed by atoms with Gasteiger partial charge >= 0.3 is 0 Å². The molecule has 26 heavy (non-hydrogen) atoms. The number of nitrogens with zero attached hydrogens (tertiary/aromatic N) is 1. The van der Waals surface area contributed by atoms with E-state index in [0.29, 0.717) is 6.61 Å². The van der Waals surface area contributed by atoms with E-state index in [1.54, 1.807) is 24.3 Å². The lowest BCUT2D eigenvalue weighted by atomic mass is 9.99. The maximum absolute atomic E-state index is 13.2. The van der Waals surface area contributed by atoms with E-state index in [2.05, 4.69) is 4.90 Å². The number of carbonyl (C=O) groups excluding carboxylic acids is 1. The molecule has 0 radical (unpaired) electrons. The molecule has 0 spiro atoms. The second-order valence-corrected chi connectivity index (χ2v) is 6.67. The maximum atomic E-state index is 13.2. The Morgan fingerprint density at radius 3 is 1.92 bits per heavy atom. The van der Waals surface area contributed by atoms with Gasteiger partial charge in [0.2, 0.25) is 0 Å². The van der Waals surface area contributed by atoms with E-state index in [9.17, 15) is 13.6 Å². The molecule has 0 bridgehead atoms. The highest BCUT2D eigenvalue weighted by Crippen LogP contribution is 2.26. The summed E-state index contributed by atoms with van der Waals surface area (Å²) < 4.78 is 32.6. The third-order valence-corrected chi connectivity index (χ3v) is 4.86. The zero-order valence-corrected chi connectivity index (χ0v) is 14.6. The second-order valence-electron chi connectivity index (χ2n) is 6.67. The minimum atomic E-state index is -0.372. The van der Waals surface area contributed by atoms with Crippen LogP contribution in [0.25, 0.3) is 0 Å². The summed E-state index contributed by atoms with van der Waals surface area (Å²) >= 11 is 0. The highest BCUT2D eigenvalue weighted by molar-refractivity contribution is 5.53. The van der Waals surface area contributed by atoms with Crippen molar-refractivity contribution in [3.05, 3.63) is 71.3 Å². The Morgan fingerprint density at radius 1 is 0.962 bits per heavy atom. The molecule has 2 aromatic rings. The molecule has 0 atom stereocenters. The normalized spacial score (nSPS) is 16.1. The number of likely N-dealkylation sites (tertiary alicyclic amines) is 1. The monoisotopic (exact) mass is 359 g/mol. The summed E-state index contributed by atoms with van der Waals surface area (Å²) in [6.07, 6.45) is 2.46. The van der Waals surface area contributed by atoms with Crippen LogP contribution in [0.5, 0.6) is 0 Å². The van der Waals surface area contributed by atoms with Crippen LogP contribution >= 0.6 is 0 Å². The molecule has 3 rings (SSSR count). The topological polar surface area (TPSA) is 29.5 Å². The fourth-order valence-electron chi connectivity index (χ4n) is 3.27. The van der Waals surface area contributed by atoms with Crippen LogP contribution in [0.4, 0.5) is 8.78 Å². The number of aldehydes is 1. The van der Waals surface area contributed by atoms with Crippen molar-refractivity contribution < 1.29 is 18.3 Å². The van der Waals surface area contributed by atoms with Gasteiger partial charge in [-0.3, -0.25) is 0 Å². The predicted molar refractivity (Wildman–Crippen MR) is 95.8 cm³/mol. The van der Waals surface area contributed by atoms with Crippen LogP contribution in [0, 0.1) is 17.6 Å². The SMILES string of the molecule is O=CC1CCN(CCOC(c2ccc(F)cc2)c2ccc(F)cc2)CC1. The van der Waals surface area contributed by atoms with E-state index >= 15 is 0 Å². The number of halogens is 2. The van der Waals surface area contributed by atoms with Crippen molar-refractivity contribution in [2.24, 2.45) is 5.92 Å². The van der Waals surface area contributed by atoms with Gasteiger partial charge in [-0.05, 0) is 61.3 Å². The lowest BCUT2D eigenvalue weighted by Gasteiger charge is -2.30. The van der Waals surface area contributed by atoms with Gasteiger partial charge in [0.05, 0.1) is 6.61 Å². The second kappa shape index (κ2) is 9.01. The van der Waals surface area contributed by atoms with Crippen molar-refractivity contribution in [2.45, 2.75) is 18.9 Å². The molecular weight excluding hydrogens is 336 g/mol. The molecule has 1 heterocycles. The van der Waals surface area contributed by atoms with Gasteiger partial charge in [-0.2, -0.15) is 0 Å². The van der Waals surface area contributed by atoms with Crippen LogP contribution in [-0.2, 0) is 9.53 Å². The molecule has 0 N–H and O–H groups in total. The van der Waals surface area contributed by atoms with Gasteiger partial charge in [0.1, 0.15) is 24.0 Å². The van der Waals surface area contributed by atoms with E-state index in [1.165, 1.54) is 24.3 Å². The number of hydrogen-bond acceptors (Lipinski definition) is 3. The summed E-state index contributed by atoms with van der Waals surface area (Å²) in [6.45, 7) is 3.06. The van der Waals surface area contributed by atoms with Gasteiger partial charge < -0.3 is 14.4 Å². The van der Waals surface area contributed by atoms with Crippen molar-refractivity contribution in [1.82, 2.24) is 4.90 Å². The molecule has 0 unspecified atom stereocenters. The van der Waals surface area contributed by atoms with Gasteiger partial charge in [-0.15, -0.1) is 0 Å². The standard InChI is InChI=1S/C21H23F2NO2/c22-19-5-1-17(2-6-19)21(18-3-7-20(23)8-4-18)26-14-13-24-11-9-16(15-25)10-12-24/h1-8,15-16,21H,9-14H2. The molecule has 1 saturated heterocycles. The van der Waals surface area contributed by atoms with E-state index in [-0.39, 0.29) is 23.7 Å². The molecular formula is C21H23F2NO2. The number of carbonyl (C=O) groups is 1. The van der Waals surface area contributed by atoms with E-state index in [1.807, 2.05) is 0 Å². The van der Waals surface area contributed by atoms with Crippen molar-refractivity contribution in [1.29, 1.82) is 0 Å². The molecule has 0 amide bonds. The lowest BCUT2D eigenvalue weighted by molar-refractivity contribution is -0.112. The molecule has 2 aromatic carbocycles. The number of ether oxygens (including phenoxy) is 1. The Balaban J connectivity index is 1.63. The maximum Gasteiger partial charge on any atom is 0.123 e. The summed E-state index contributed by atoms with van der Waals surface area (Å²) in [6, 6.07) is 12.4. The van der Waals surface area contributed by atoms with E-state index in [4.69, 9.17) is 4.74 Å². The largest absolute Gasteiger partial charge is 0.367 e. The molecule has 0 aromatic heterocycles. The van der Waals surface area contributed by atoms with Crippen molar-refractivity contribution in [3.63, 3.8) is 0 Å². The first-order chi connectivity index (χ1) is 12.7. The quantitative estimate of drug-likeness (QED) is 0.701. The van der Waals surface area contributed by atoms with Gasteiger partial charge in [0, 0.05) is 12.5 Å². The first-order valence-corrected chi connectivity index (χ1v) is 8.96. The summed E-state index contributed by atoms with van der Waals surface area (Å²) in [5.74, 6) is -0.423. The Kier molecular flexibility index (Phi) is 6.47. The summed E-state index contributed by atoms with van der Waals surface area (Å²) in [5, 5.41) is 0. The van der Waals surface area contributed by atoms with Gasteiger partial charge in [-0.1, -0.05) is 24.3 Å². The first kappa shape index (κ1) is 18.7. The Bertz CT molecular complexity index is 649. The fraction of sp³-hybridized carbons (Fsp3) is 0.381. The molecule has 3 nitrogen and oxygen atoms in total. The average Bonchev–Trinajstić information content (AvgIpc) is 2.68. The summed E-state index contributed by atoms with van der Waals surface area (Å²) in [4.78, 5) is 13.1. The fourth-order valence-corrected chi connectivity index (χ4v) is 3.27. The molecule has 1 aliphatic rings. The Labute approximate surface area is 152 Å². The van der Waals surface area contributed by atoms with Gasteiger partial charge in [0.15, 0.2) is 0 Å². The minimum absolute atomic E-state index is 0.179. The van der Waals surface area contributed by atoms with E-state index in [0.717, 1.165) is 49.9 Å². The van der Waals surface area contributed by atoms with Crippen LogP contribution in [-0.4, -0.2) is 37.4 Å². The molecule has 1 aliphatic heterocycles. The zero-order chi connectivity index (χ0) is 18.4. The number of benzene rings is 2.